The van der Waals surface area contributed by atoms with E-state index < -0.39 is 39.2 Å². The smallest absolute Gasteiger partial charge is 0.328 e. The summed E-state index contributed by atoms with van der Waals surface area (Å²) in [6.07, 6.45) is 0. The number of carbonyl (C=O) groups is 1. The Morgan fingerprint density at radius 1 is 1.13 bits per heavy atom. The molecule has 0 aliphatic heterocycles. The first-order valence-corrected chi connectivity index (χ1v) is 7.93. The van der Waals surface area contributed by atoms with Crippen LogP contribution in [0, 0.1) is 11.6 Å². The number of halogens is 2. The Labute approximate surface area is 132 Å². The molecule has 2 aromatic rings. The molecule has 0 spiro atoms. The quantitative estimate of drug-likeness (QED) is 0.846. The minimum atomic E-state index is -4.13. The van der Waals surface area contributed by atoms with Crippen LogP contribution < -0.4 is 4.72 Å². The van der Waals surface area contributed by atoms with Gasteiger partial charge in [0.1, 0.15) is 17.7 Å². The van der Waals surface area contributed by atoms with E-state index in [9.17, 15) is 22.0 Å². The highest BCUT2D eigenvalue weighted by Gasteiger charge is 2.30. The number of hydrogen-bond donors (Lipinski definition) is 1. The molecule has 0 saturated heterocycles. The van der Waals surface area contributed by atoms with Gasteiger partial charge in [0.15, 0.2) is 0 Å². The zero-order chi connectivity index (χ0) is 17.0. The molecular formula is C15H13F2NO4S. The Kier molecular flexibility index (Phi) is 5.07. The number of esters is 1. The maximum Gasteiger partial charge on any atom is 0.328 e. The second-order valence-corrected chi connectivity index (χ2v) is 6.27. The summed E-state index contributed by atoms with van der Waals surface area (Å²) >= 11 is 0. The van der Waals surface area contributed by atoms with Crippen LogP contribution in [0.2, 0.25) is 0 Å². The van der Waals surface area contributed by atoms with E-state index in [2.05, 4.69) is 4.74 Å². The van der Waals surface area contributed by atoms with Crippen molar-refractivity contribution in [2.45, 2.75) is 10.9 Å². The number of hydrogen-bond acceptors (Lipinski definition) is 4. The molecule has 0 bridgehead atoms. The molecule has 0 heterocycles. The summed E-state index contributed by atoms with van der Waals surface area (Å²) in [5, 5.41) is 0. The van der Waals surface area contributed by atoms with Gasteiger partial charge in [-0.05, 0) is 30.3 Å². The highest BCUT2D eigenvalue weighted by atomic mass is 32.2. The second-order valence-electron chi connectivity index (χ2n) is 4.56. The molecule has 1 N–H and O–H groups in total. The number of nitrogens with one attached hydrogen (secondary N) is 1. The molecule has 2 rings (SSSR count). The third-order valence-corrected chi connectivity index (χ3v) is 4.47. The van der Waals surface area contributed by atoms with Gasteiger partial charge in [0.25, 0.3) is 0 Å². The van der Waals surface area contributed by atoms with Crippen molar-refractivity contribution in [3.63, 3.8) is 0 Å². The predicted octanol–water partition coefficient (Wildman–Crippen LogP) is 2.16. The predicted molar refractivity (Wildman–Crippen MR) is 77.9 cm³/mol. The Bertz CT molecular complexity index is 809. The van der Waals surface area contributed by atoms with Crippen LogP contribution in [0.5, 0.6) is 0 Å². The average Bonchev–Trinajstić information content (AvgIpc) is 2.55. The molecule has 2 aromatic carbocycles. The van der Waals surface area contributed by atoms with Crippen LogP contribution in [0.1, 0.15) is 11.6 Å². The summed E-state index contributed by atoms with van der Waals surface area (Å²) < 4.78 is 58.3. The maximum atomic E-state index is 13.9. The Morgan fingerprint density at radius 3 is 2.39 bits per heavy atom. The van der Waals surface area contributed by atoms with Gasteiger partial charge < -0.3 is 4.74 Å². The molecule has 0 amide bonds. The van der Waals surface area contributed by atoms with Gasteiger partial charge in [-0.15, -0.1) is 0 Å². The van der Waals surface area contributed by atoms with E-state index in [1.54, 1.807) is 6.07 Å². The van der Waals surface area contributed by atoms with Crippen LogP contribution >= 0.6 is 0 Å². The summed E-state index contributed by atoms with van der Waals surface area (Å²) in [6, 6.07) is 7.90. The van der Waals surface area contributed by atoms with Crippen molar-refractivity contribution in [3.05, 3.63) is 65.7 Å². The highest BCUT2D eigenvalue weighted by Crippen LogP contribution is 2.22. The maximum absolute atomic E-state index is 13.9. The Morgan fingerprint density at radius 2 is 1.78 bits per heavy atom. The summed E-state index contributed by atoms with van der Waals surface area (Å²) in [7, 11) is -3.12. The fourth-order valence-corrected chi connectivity index (χ4v) is 3.10. The minimum Gasteiger partial charge on any atom is -0.468 e. The summed E-state index contributed by atoms with van der Waals surface area (Å²) in [4.78, 5) is 11.7. The van der Waals surface area contributed by atoms with Crippen LogP contribution in [0.15, 0.2) is 53.4 Å². The zero-order valence-electron chi connectivity index (χ0n) is 12.0. The van der Waals surface area contributed by atoms with Crippen LogP contribution in [0.25, 0.3) is 0 Å². The first kappa shape index (κ1) is 17.0. The molecule has 0 aliphatic rings. The van der Waals surface area contributed by atoms with Crippen molar-refractivity contribution in [2.24, 2.45) is 0 Å². The highest BCUT2D eigenvalue weighted by molar-refractivity contribution is 7.89. The molecule has 5 nitrogen and oxygen atoms in total. The first-order valence-electron chi connectivity index (χ1n) is 6.45. The van der Waals surface area contributed by atoms with Crippen LogP contribution in [0.3, 0.4) is 0 Å². The van der Waals surface area contributed by atoms with Crippen molar-refractivity contribution in [1.82, 2.24) is 4.72 Å². The molecule has 122 valence electrons. The normalized spacial score (nSPS) is 12.7. The third kappa shape index (κ3) is 3.91. The summed E-state index contributed by atoms with van der Waals surface area (Å²) in [6.45, 7) is 0. The summed E-state index contributed by atoms with van der Waals surface area (Å²) in [5.74, 6) is -2.80. The van der Waals surface area contributed by atoms with Crippen molar-refractivity contribution < 1.29 is 26.7 Å². The molecule has 23 heavy (non-hydrogen) atoms. The fourth-order valence-electron chi connectivity index (χ4n) is 1.92. The standard InChI is InChI=1S/C15H13F2NO4S/c1-22-15(19)14(12-9-10(16)7-8-13(12)17)18-23(20,21)11-5-3-2-4-6-11/h2-9,14,18H,1H3/t14-/m1/s1. The van der Waals surface area contributed by atoms with Gasteiger partial charge in [0.2, 0.25) is 10.0 Å². The van der Waals surface area contributed by atoms with Gasteiger partial charge in [0.05, 0.1) is 12.0 Å². The van der Waals surface area contributed by atoms with Crippen molar-refractivity contribution in [1.29, 1.82) is 0 Å². The van der Waals surface area contributed by atoms with Gasteiger partial charge >= 0.3 is 5.97 Å². The SMILES string of the molecule is COC(=O)[C@H](NS(=O)(=O)c1ccccc1)c1cc(F)ccc1F. The third-order valence-electron chi connectivity index (χ3n) is 3.03. The van der Waals surface area contributed by atoms with Gasteiger partial charge in [-0.1, -0.05) is 18.2 Å². The van der Waals surface area contributed by atoms with E-state index in [0.29, 0.717) is 0 Å². The van der Waals surface area contributed by atoms with Crippen molar-refractivity contribution in [2.75, 3.05) is 7.11 Å². The number of ether oxygens (including phenoxy) is 1. The number of methoxy groups -OCH3 is 1. The molecule has 0 aromatic heterocycles. The molecule has 0 aliphatic carbocycles. The monoisotopic (exact) mass is 341 g/mol. The largest absolute Gasteiger partial charge is 0.468 e. The lowest BCUT2D eigenvalue weighted by atomic mass is 10.1. The lowest BCUT2D eigenvalue weighted by Crippen LogP contribution is -2.35. The number of rotatable bonds is 5. The first-order chi connectivity index (χ1) is 10.8. The molecule has 0 saturated carbocycles. The van der Waals surface area contributed by atoms with Crippen LogP contribution in [-0.2, 0) is 19.6 Å². The number of sulfonamides is 1. The van der Waals surface area contributed by atoms with E-state index >= 15 is 0 Å². The van der Waals surface area contributed by atoms with Gasteiger partial charge in [-0.3, -0.25) is 0 Å². The topological polar surface area (TPSA) is 72.5 Å². The average molecular weight is 341 g/mol. The Balaban J connectivity index is 2.45. The van der Waals surface area contributed by atoms with Crippen LogP contribution in [0.4, 0.5) is 8.78 Å². The summed E-state index contributed by atoms with van der Waals surface area (Å²) in [5.41, 5.74) is -0.462. The Hall–Kier alpha value is -2.32. The molecule has 0 unspecified atom stereocenters. The lowest BCUT2D eigenvalue weighted by Gasteiger charge is -2.17. The van der Waals surface area contributed by atoms with Crippen molar-refractivity contribution >= 4 is 16.0 Å². The van der Waals surface area contributed by atoms with E-state index in [1.807, 2.05) is 4.72 Å². The van der Waals surface area contributed by atoms with Gasteiger partial charge in [-0.25, -0.2) is 22.0 Å². The minimum absolute atomic E-state index is 0.120. The molecule has 0 fully saturated rings. The van der Waals surface area contributed by atoms with Gasteiger partial charge in [-0.2, -0.15) is 4.72 Å². The second kappa shape index (κ2) is 6.84. The molecule has 1 atom stereocenters. The molecular weight excluding hydrogens is 328 g/mol. The number of carbonyl (C=O) groups excluding carboxylic acids is 1. The lowest BCUT2D eigenvalue weighted by molar-refractivity contribution is -0.142. The fraction of sp³-hybridized carbons (Fsp3) is 0.133. The van der Waals surface area contributed by atoms with E-state index in [-0.39, 0.29) is 4.90 Å². The number of benzene rings is 2. The van der Waals surface area contributed by atoms with Crippen molar-refractivity contribution in [3.8, 4) is 0 Å². The molecule has 8 heteroatoms. The zero-order valence-corrected chi connectivity index (χ0v) is 12.8. The van der Waals surface area contributed by atoms with E-state index in [1.165, 1.54) is 24.3 Å². The van der Waals surface area contributed by atoms with E-state index in [0.717, 1.165) is 25.3 Å². The van der Waals surface area contributed by atoms with E-state index in [4.69, 9.17) is 0 Å². The molecule has 0 radical (unpaired) electrons. The van der Waals surface area contributed by atoms with Crippen LogP contribution in [-0.4, -0.2) is 21.5 Å². The van der Waals surface area contributed by atoms with Gasteiger partial charge in [0, 0.05) is 5.56 Å².